The lowest BCUT2D eigenvalue weighted by atomic mass is 10.2. The zero-order valence-corrected chi connectivity index (χ0v) is 13.8. The highest BCUT2D eigenvalue weighted by Gasteiger charge is 2.17. The maximum Gasteiger partial charge on any atom is 0.271 e. The van der Waals surface area contributed by atoms with Crippen LogP contribution in [-0.2, 0) is 0 Å². The topological polar surface area (TPSA) is 112 Å². The predicted molar refractivity (Wildman–Crippen MR) is 91.9 cm³/mol. The third-order valence-corrected chi connectivity index (χ3v) is 3.51. The van der Waals surface area contributed by atoms with Gasteiger partial charge in [0.05, 0.1) is 17.7 Å². The number of fused-ring (bicyclic) bond motifs is 1. The summed E-state index contributed by atoms with van der Waals surface area (Å²) >= 11 is 0. The summed E-state index contributed by atoms with van der Waals surface area (Å²) in [4.78, 5) is 22.1. The molecule has 134 valence electrons. The molecule has 0 radical (unpaired) electrons. The van der Waals surface area contributed by atoms with Crippen LogP contribution in [0.2, 0.25) is 0 Å². The van der Waals surface area contributed by atoms with Crippen molar-refractivity contribution in [2.45, 2.75) is 6.92 Å². The Labute approximate surface area is 148 Å². The fourth-order valence-electron chi connectivity index (χ4n) is 2.28. The van der Waals surface area contributed by atoms with E-state index >= 15 is 0 Å². The van der Waals surface area contributed by atoms with Gasteiger partial charge in [-0.2, -0.15) is 5.10 Å². The largest absolute Gasteiger partial charge is 0.493 e. The van der Waals surface area contributed by atoms with Crippen LogP contribution >= 0.6 is 0 Å². The molecule has 0 aliphatic carbocycles. The highest BCUT2D eigenvalue weighted by atomic mass is 16.7. The normalized spacial score (nSPS) is 12.2. The number of rotatable bonds is 6. The Balaban J connectivity index is 1.71. The van der Waals surface area contributed by atoms with E-state index in [1.807, 2.05) is 6.92 Å². The summed E-state index contributed by atoms with van der Waals surface area (Å²) in [5.74, 6) is 1.21. The standard InChI is InChI=1S/C17H15N3O6/c1-2-24-14-8-16-15(25-10-26-16)7-12(14)9-18-19-17(21)11-3-5-13(6-4-11)20(22)23/h3-9H,2,10H2,1H3,(H,19,21)/b18-9+. The molecule has 1 amide bonds. The van der Waals surface area contributed by atoms with E-state index in [4.69, 9.17) is 14.2 Å². The first-order valence-electron chi connectivity index (χ1n) is 7.72. The minimum absolute atomic E-state index is 0.0910. The van der Waals surface area contributed by atoms with Crippen LogP contribution in [0.1, 0.15) is 22.8 Å². The summed E-state index contributed by atoms with van der Waals surface area (Å²) in [6.45, 7) is 2.44. The molecule has 0 spiro atoms. The molecule has 0 saturated heterocycles. The maximum atomic E-state index is 12.0. The first-order valence-corrected chi connectivity index (χ1v) is 7.72. The number of non-ortho nitro benzene ring substituents is 1. The lowest BCUT2D eigenvalue weighted by molar-refractivity contribution is -0.384. The van der Waals surface area contributed by atoms with Gasteiger partial charge in [-0.3, -0.25) is 14.9 Å². The zero-order chi connectivity index (χ0) is 18.5. The lowest BCUT2D eigenvalue weighted by Crippen LogP contribution is -2.17. The number of hydrazone groups is 1. The van der Waals surface area contributed by atoms with Crippen LogP contribution in [-0.4, -0.2) is 30.4 Å². The SMILES string of the molecule is CCOc1cc2c(cc1/C=N/NC(=O)c1ccc([N+](=O)[O-])cc1)OCO2. The van der Waals surface area contributed by atoms with Crippen molar-refractivity contribution < 1.29 is 23.9 Å². The number of nitrogens with zero attached hydrogens (tertiary/aromatic N) is 2. The van der Waals surface area contributed by atoms with Gasteiger partial charge in [0.25, 0.3) is 11.6 Å². The van der Waals surface area contributed by atoms with Crippen molar-refractivity contribution in [2.24, 2.45) is 5.10 Å². The molecule has 9 heteroatoms. The molecule has 2 aromatic carbocycles. The molecule has 1 aliphatic heterocycles. The summed E-state index contributed by atoms with van der Waals surface area (Å²) in [5, 5.41) is 14.5. The monoisotopic (exact) mass is 357 g/mol. The lowest BCUT2D eigenvalue weighted by Gasteiger charge is -2.08. The number of ether oxygens (including phenoxy) is 3. The maximum absolute atomic E-state index is 12.0. The summed E-state index contributed by atoms with van der Waals surface area (Å²) in [6.07, 6.45) is 1.43. The van der Waals surface area contributed by atoms with Gasteiger partial charge in [0.2, 0.25) is 6.79 Å². The molecule has 0 fully saturated rings. The Hall–Kier alpha value is -3.62. The van der Waals surface area contributed by atoms with Gasteiger partial charge in [0.15, 0.2) is 11.5 Å². The minimum Gasteiger partial charge on any atom is -0.493 e. The van der Waals surface area contributed by atoms with Gasteiger partial charge in [-0.05, 0) is 25.1 Å². The summed E-state index contributed by atoms with van der Waals surface area (Å²) in [7, 11) is 0. The average Bonchev–Trinajstić information content (AvgIpc) is 3.09. The molecule has 0 atom stereocenters. The fraction of sp³-hybridized carbons (Fsp3) is 0.176. The van der Waals surface area contributed by atoms with Gasteiger partial charge in [-0.25, -0.2) is 5.43 Å². The van der Waals surface area contributed by atoms with E-state index in [-0.39, 0.29) is 18.0 Å². The van der Waals surface area contributed by atoms with Gasteiger partial charge in [-0.15, -0.1) is 0 Å². The molecule has 1 heterocycles. The second-order valence-electron chi connectivity index (χ2n) is 5.18. The van der Waals surface area contributed by atoms with Crippen LogP contribution in [0.4, 0.5) is 5.69 Å². The van der Waals surface area contributed by atoms with Crippen molar-refractivity contribution in [3.63, 3.8) is 0 Å². The summed E-state index contributed by atoms with van der Waals surface area (Å²) in [6, 6.07) is 8.62. The molecular formula is C17H15N3O6. The molecule has 1 N–H and O–H groups in total. The number of carbonyl (C=O) groups is 1. The second kappa shape index (κ2) is 7.51. The van der Waals surface area contributed by atoms with Gasteiger partial charge < -0.3 is 14.2 Å². The Bertz CT molecular complexity index is 864. The first-order chi connectivity index (χ1) is 12.6. The molecule has 2 aromatic rings. The van der Waals surface area contributed by atoms with Crippen LogP contribution in [0.5, 0.6) is 17.2 Å². The van der Waals surface area contributed by atoms with Crippen molar-refractivity contribution in [1.82, 2.24) is 5.43 Å². The molecule has 1 aliphatic rings. The first kappa shape index (κ1) is 17.2. The Morgan fingerprint density at radius 3 is 2.65 bits per heavy atom. The van der Waals surface area contributed by atoms with E-state index < -0.39 is 10.8 Å². The van der Waals surface area contributed by atoms with Gasteiger partial charge in [0.1, 0.15) is 5.75 Å². The summed E-state index contributed by atoms with van der Waals surface area (Å²) < 4.78 is 16.2. The zero-order valence-electron chi connectivity index (χ0n) is 13.8. The van der Waals surface area contributed by atoms with E-state index in [2.05, 4.69) is 10.5 Å². The number of hydrogen-bond donors (Lipinski definition) is 1. The molecule has 0 aromatic heterocycles. The van der Waals surface area contributed by atoms with E-state index in [9.17, 15) is 14.9 Å². The number of nitro groups is 1. The third-order valence-electron chi connectivity index (χ3n) is 3.51. The van der Waals surface area contributed by atoms with Crippen molar-refractivity contribution in [1.29, 1.82) is 0 Å². The quantitative estimate of drug-likeness (QED) is 0.483. The molecule has 0 saturated carbocycles. The van der Waals surface area contributed by atoms with E-state index in [0.29, 0.717) is 29.4 Å². The Morgan fingerprint density at radius 1 is 1.31 bits per heavy atom. The molecular weight excluding hydrogens is 342 g/mol. The fourth-order valence-corrected chi connectivity index (χ4v) is 2.28. The third kappa shape index (κ3) is 3.72. The van der Waals surface area contributed by atoms with Gasteiger partial charge >= 0.3 is 0 Å². The van der Waals surface area contributed by atoms with Crippen LogP contribution in [0.3, 0.4) is 0 Å². The highest BCUT2D eigenvalue weighted by molar-refractivity contribution is 5.95. The smallest absolute Gasteiger partial charge is 0.271 e. The highest BCUT2D eigenvalue weighted by Crippen LogP contribution is 2.37. The Morgan fingerprint density at radius 2 is 2.00 bits per heavy atom. The number of benzene rings is 2. The van der Waals surface area contributed by atoms with Crippen molar-refractivity contribution in [3.8, 4) is 17.2 Å². The number of hydrogen-bond acceptors (Lipinski definition) is 7. The summed E-state index contributed by atoms with van der Waals surface area (Å²) in [5.41, 5.74) is 3.14. The number of amides is 1. The minimum atomic E-state index is -0.533. The molecule has 26 heavy (non-hydrogen) atoms. The van der Waals surface area contributed by atoms with E-state index in [1.165, 1.54) is 30.5 Å². The predicted octanol–water partition coefficient (Wildman–Crippen LogP) is 2.49. The van der Waals surface area contributed by atoms with Crippen LogP contribution in [0, 0.1) is 10.1 Å². The van der Waals surface area contributed by atoms with Crippen molar-refractivity contribution in [3.05, 3.63) is 57.6 Å². The second-order valence-corrected chi connectivity index (χ2v) is 5.18. The van der Waals surface area contributed by atoms with Crippen LogP contribution in [0.15, 0.2) is 41.5 Å². The number of carbonyl (C=O) groups excluding carboxylic acids is 1. The van der Waals surface area contributed by atoms with Gasteiger partial charge in [-0.1, -0.05) is 0 Å². The molecule has 0 unspecified atom stereocenters. The van der Waals surface area contributed by atoms with Gasteiger partial charge in [0, 0.05) is 29.3 Å². The number of nitrogens with one attached hydrogen (secondary N) is 1. The van der Waals surface area contributed by atoms with Crippen LogP contribution < -0.4 is 19.6 Å². The molecule has 9 nitrogen and oxygen atoms in total. The Kier molecular flexibility index (Phi) is 4.97. The van der Waals surface area contributed by atoms with Crippen molar-refractivity contribution in [2.75, 3.05) is 13.4 Å². The molecule has 3 rings (SSSR count). The number of nitro benzene ring substituents is 1. The van der Waals surface area contributed by atoms with Crippen molar-refractivity contribution >= 4 is 17.8 Å². The molecule has 0 bridgehead atoms. The van der Waals surface area contributed by atoms with Crippen LogP contribution in [0.25, 0.3) is 0 Å². The van der Waals surface area contributed by atoms with E-state index in [1.54, 1.807) is 12.1 Å². The average molecular weight is 357 g/mol. The van der Waals surface area contributed by atoms with E-state index in [0.717, 1.165) is 0 Å².